The van der Waals surface area contributed by atoms with Crippen LogP contribution >= 0.6 is 11.6 Å². The molecule has 0 saturated carbocycles. The average molecular weight is 333 g/mol. The summed E-state index contributed by atoms with van der Waals surface area (Å²) in [5.74, 6) is 0.0324. The molecular weight excluding hydrogens is 312 g/mol. The summed E-state index contributed by atoms with van der Waals surface area (Å²) in [5.41, 5.74) is 1.55. The van der Waals surface area contributed by atoms with Gasteiger partial charge in [0.1, 0.15) is 0 Å². The Bertz CT molecular complexity index is 710. The highest BCUT2D eigenvalue weighted by atomic mass is 35.5. The van der Waals surface area contributed by atoms with Gasteiger partial charge in [-0.2, -0.15) is 5.10 Å². The molecule has 0 radical (unpaired) electrons. The van der Waals surface area contributed by atoms with Gasteiger partial charge in [0.25, 0.3) is 5.91 Å². The van der Waals surface area contributed by atoms with E-state index < -0.39 is 0 Å². The standard InChI is InChI=1S/C17H21ClN4O/c1-17(2)12-21(8-7-19-17)16(23)14-9-20-22(11-14)10-13-5-3-4-6-15(13)18/h3-6,9,11,19H,7-8,10,12H2,1-2H3. The van der Waals surface area contributed by atoms with Crippen molar-refractivity contribution in [3.63, 3.8) is 0 Å². The van der Waals surface area contributed by atoms with E-state index in [1.54, 1.807) is 17.1 Å². The van der Waals surface area contributed by atoms with Gasteiger partial charge < -0.3 is 10.2 Å². The number of benzene rings is 1. The minimum atomic E-state index is -0.0541. The third-order valence-electron chi connectivity index (χ3n) is 4.03. The Hall–Kier alpha value is -1.85. The topological polar surface area (TPSA) is 50.2 Å². The van der Waals surface area contributed by atoms with Gasteiger partial charge in [-0.15, -0.1) is 0 Å². The lowest BCUT2D eigenvalue weighted by atomic mass is 10.0. The number of nitrogens with one attached hydrogen (secondary N) is 1. The molecule has 1 aliphatic rings. The van der Waals surface area contributed by atoms with Gasteiger partial charge in [0, 0.05) is 36.4 Å². The molecule has 1 N–H and O–H groups in total. The minimum Gasteiger partial charge on any atom is -0.335 e. The molecule has 2 heterocycles. The number of hydrogen-bond acceptors (Lipinski definition) is 3. The average Bonchev–Trinajstić information content (AvgIpc) is 2.96. The first-order chi connectivity index (χ1) is 10.9. The van der Waals surface area contributed by atoms with E-state index in [0.717, 1.165) is 18.7 Å². The Morgan fingerprint density at radius 3 is 2.91 bits per heavy atom. The summed E-state index contributed by atoms with van der Waals surface area (Å²) in [4.78, 5) is 14.5. The van der Waals surface area contributed by atoms with Crippen molar-refractivity contribution in [3.05, 3.63) is 52.8 Å². The fourth-order valence-corrected chi connectivity index (χ4v) is 3.05. The molecule has 2 aromatic rings. The van der Waals surface area contributed by atoms with Gasteiger partial charge in [-0.05, 0) is 25.5 Å². The lowest BCUT2D eigenvalue weighted by molar-refractivity contribution is 0.0652. The molecule has 1 fully saturated rings. The number of amides is 1. The molecule has 1 aromatic carbocycles. The molecule has 1 amide bonds. The predicted octanol–water partition coefficient (Wildman–Crippen LogP) is 2.41. The molecule has 0 bridgehead atoms. The number of carbonyl (C=O) groups excluding carboxylic acids is 1. The maximum Gasteiger partial charge on any atom is 0.257 e. The van der Waals surface area contributed by atoms with Crippen molar-refractivity contribution < 1.29 is 4.79 Å². The summed E-state index contributed by atoms with van der Waals surface area (Å²) in [5, 5.41) is 8.42. The molecule has 0 spiro atoms. The fraction of sp³-hybridized carbons (Fsp3) is 0.412. The van der Waals surface area contributed by atoms with E-state index in [1.807, 2.05) is 29.2 Å². The van der Waals surface area contributed by atoms with Gasteiger partial charge in [-0.1, -0.05) is 29.8 Å². The Balaban J connectivity index is 1.71. The van der Waals surface area contributed by atoms with Crippen molar-refractivity contribution in [2.45, 2.75) is 25.9 Å². The maximum absolute atomic E-state index is 12.6. The predicted molar refractivity (Wildman–Crippen MR) is 90.8 cm³/mol. The quantitative estimate of drug-likeness (QED) is 0.939. The third kappa shape index (κ3) is 3.74. The number of carbonyl (C=O) groups is 1. The summed E-state index contributed by atoms with van der Waals surface area (Å²) >= 11 is 6.17. The number of hydrogen-bond donors (Lipinski definition) is 1. The Labute approximate surface area is 141 Å². The number of halogens is 1. The van der Waals surface area contributed by atoms with Crippen LogP contribution in [0.25, 0.3) is 0 Å². The van der Waals surface area contributed by atoms with Crippen molar-refractivity contribution in [1.29, 1.82) is 0 Å². The first kappa shape index (κ1) is 16.0. The molecular formula is C17H21ClN4O. The Kier molecular flexibility index (Phi) is 4.41. The second-order valence-corrected chi connectivity index (χ2v) is 6.96. The first-order valence-electron chi connectivity index (χ1n) is 7.75. The van der Waals surface area contributed by atoms with Gasteiger partial charge in [0.15, 0.2) is 0 Å². The minimum absolute atomic E-state index is 0.0324. The molecule has 0 aliphatic carbocycles. The van der Waals surface area contributed by atoms with Crippen LogP contribution in [0, 0.1) is 0 Å². The molecule has 0 unspecified atom stereocenters. The van der Waals surface area contributed by atoms with Gasteiger partial charge >= 0.3 is 0 Å². The SMILES string of the molecule is CC1(C)CN(C(=O)c2cnn(Cc3ccccc3Cl)c2)CCN1. The summed E-state index contributed by atoms with van der Waals surface area (Å²) in [6.45, 7) is 6.99. The van der Waals surface area contributed by atoms with E-state index in [0.29, 0.717) is 23.7 Å². The molecule has 122 valence electrons. The summed E-state index contributed by atoms with van der Waals surface area (Å²) < 4.78 is 1.75. The lowest BCUT2D eigenvalue weighted by Crippen LogP contribution is -2.58. The number of piperazine rings is 1. The van der Waals surface area contributed by atoms with Gasteiger partial charge in [0.05, 0.1) is 18.3 Å². The number of rotatable bonds is 3. The molecule has 0 atom stereocenters. The molecule has 1 aromatic heterocycles. The summed E-state index contributed by atoms with van der Waals surface area (Å²) in [6, 6.07) is 7.66. The van der Waals surface area contributed by atoms with E-state index in [1.165, 1.54) is 0 Å². The normalized spacial score (nSPS) is 17.3. The van der Waals surface area contributed by atoms with Crippen LogP contribution in [-0.4, -0.2) is 45.8 Å². The molecule has 3 rings (SSSR count). The van der Waals surface area contributed by atoms with Crippen molar-refractivity contribution in [3.8, 4) is 0 Å². The smallest absolute Gasteiger partial charge is 0.257 e. The van der Waals surface area contributed by atoms with Crippen molar-refractivity contribution >= 4 is 17.5 Å². The molecule has 6 heteroatoms. The second kappa shape index (κ2) is 6.34. The van der Waals surface area contributed by atoms with Crippen molar-refractivity contribution in [2.24, 2.45) is 0 Å². The van der Waals surface area contributed by atoms with Gasteiger partial charge in [-0.3, -0.25) is 9.48 Å². The highest BCUT2D eigenvalue weighted by molar-refractivity contribution is 6.31. The van der Waals surface area contributed by atoms with Crippen LogP contribution in [-0.2, 0) is 6.54 Å². The van der Waals surface area contributed by atoms with Crippen LogP contribution in [0.5, 0.6) is 0 Å². The Morgan fingerprint density at radius 2 is 2.17 bits per heavy atom. The highest BCUT2D eigenvalue weighted by Gasteiger charge is 2.29. The zero-order valence-electron chi connectivity index (χ0n) is 13.4. The fourth-order valence-electron chi connectivity index (χ4n) is 2.86. The van der Waals surface area contributed by atoms with Gasteiger partial charge in [0.2, 0.25) is 0 Å². The largest absolute Gasteiger partial charge is 0.335 e. The highest BCUT2D eigenvalue weighted by Crippen LogP contribution is 2.17. The maximum atomic E-state index is 12.6. The number of nitrogens with zero attached hydrogens (tertiary/aromatic N) is 3. The van der Waals surface area contributed by atoms with Crippen LogP contribution in [0.3, 0.4) is 0 Å². The van der Waals surface area contributed by atoms with E-state index in [-0.39, 0.29) is 11.4 Å². The Morgan fingerprint density at radius 1 is 1.39 bits per heavy atom. The molecule has 23 heavy (non-hydrogen) atoms. The second-order valence-electron chi connectivity index (χ2n) is 6.56. The zero-order chi connectivity index (χ0) is 16.4. The zero-order valence-corrected chi connectivity index (χ0v) is 14.2. The van der Waals surface area contributed by atoms with Crippen LogP contribution in [0.2, 0.25) is 5.02 Å². The van der Waals surface area contributed by atoms with Crippen LogP contribution < -0.4 is 5.32 Å². The number of aromatic nitrogens is 2. The van der Waals surface area contributed by atoms with Crippen molar-refractivity contribution in [2.75, 3.05) is 19.6 Å². The van der Waals surface area contributed by atoms with Gasteiger partial charge in [-0.25, -0.2) is 0 Å². The van der Waals surface area contributed by atoms with E-state index in [4.69, 9.17) is 11.6 Å². The van der Waals surface area contributed by atoms with E-state index in [9.17, 15) is 4.79 Å². The van der Waals surface area contributed by atoms with Crippen molar-refractivity contribution in [1.82, 2.24) is 20.0 Å². The summed E-state index contributed by atoms with van der Waals surface area (Å²) in [6.07, 6.45) is 3.43. The van der Waals surface area contributed by atoms with E-state index >= 15 is 0 Å². The van der Waals surface area contributed by atoms with E-state index in [2.05, 4.69) is 24.3 Å². The molecule has 5 nitrogen and oxygen atoms in total. The molecule has 1 aliphatic heterocycles. The van der Waals surface area contributed by atoms with Crippen LogP contribution in [0.1, 0.15) is 29.8 Å². The van der Waals surface area contributed by atoms with Crippen LogP contribution in [0.15, 0.2) is 36.7 Å². The lowest BCUT2D eigenvalue weighted by Gasteiger charge is -2.38. The molecule has 1 saturated heterocycles. The third-order valence-corrected chi connectivity index (χ3v) is 4.40. The summed E-state index contributed by atoms with van der Waals surface area (Å²) in [7, 11) is 0. The first-order valence-corrected chi connectivity index (χ1v) is 8.13. The monoisotopic (exact) mass is 332 g/mol. The van der Waals surface area contributed by atoms with Crippen LogP contribution in [0.4, 0.5) is 0 Å².